The van der Waals surface area contributed by atoms with E-state index in [1.54, 1.807) is 30.1 Å². The average Bonchev–Trinajstić information content (AvgIpc) is 2.24. The van der Waals surface area contributed by atoms with Crippen LogP contribution in [0.15, 0.2) is 18.2 Å². The van der Waals surface area contributed by atoms with Crippen molar-refractivity contribution in [3.8, 4) is 0 Å². The van der Waals surface area contributed by atoms with Gasteiger partial charge in [-0.25, -0.2) is 0 Å². The molecule has 6 heteroatoms. The molecule has 1 rings (SSSR count). The lowest BCUT2D eigenvalue weighted by molar-refractivity contribution is 0.0748. The Balaban J connectivity index is 0.00000256. The number of likely N-dealkylation sites (N-methyl/N-ethyl adjacent to an activating group) is 1. The Morgan fingerprint density at radius 3 is 2.24 bits per heavy atom. The van der Waals surface area contributed by atoms with Crippen molar-refractivity contribution in [2.75, 3.05) is 13.6 Å². The molecule has 0 spiro atoms. The zero-order chi connectivity index (χ0) is 12.3. The van der Waals surface area contributed by atoms with Crippen molar-refractivity contribution < 1.29 is 4.79 Å². The standard InChI is InChI=1S/C11H14Cl2N2O.ClH/c1-7(6-14)15(2)11(16)8-3-9(12)5-10(13)4-8;/h3-5,7H,6,14H2,1-2H3;1H. The fraction of sp³-hybridized carbons (Fsp3) is 0.364. The van der Waals surface area contributed by atoms with Crippen LogP contribution in [-0.4, -0.2) is 30.4 Å². The molecule has 0 saturated heterocycles. The van der Waals surface area contributed by atoms with Crippen molar-refractivity contribution in [2.24, 2.45) is 5.73 Å². The van der Waals surface area contributed by atoms with Crippen molar-refractivity contribution in [3.05, 3.63) is 33.8 Å². The molecule has 0 aliphatic carbocycles. The maximum atomic E-state index is 12.0. The summed E-state index contributed by atoms with van der Waals surface area (Å²) in [5.41, 5.74) is 5.98. The quantitative estimate of drug-likeness (QED) is 0.932. The highest BCUT2D eigenvalue weighted by atomic mass is 35.5. The summed E-state index contributed by atoms with van der Waals surface area (Å²) in [4.78, 5) is 13.6. The van der Waals surface area contributed by atoms with Crippen LogP contribution in [0.2, 0.25) is 10.0 Å². The molecule has 0 saturated carbocycles. The number of nitrogens with two attached hydrogens (primary N) is 1. The second-order valence-corrected chi connectivity index (χ2v) is 4.53. The number of rotatable bonds is 3. The van der Waals surface area contributed by atoms with E-state index >= 15 is 0 Å². The van der Waals surface area contributed by atoms with Gasteiger partial charge in [0.15, 0.2) is 0 Å². The molecule has 1 atom stereocenters. The second-order valence-electron chi connectivity index (χ2n) is 3.66. The van der Waals surface area contributed by atoms with Crippen LogP contribution in [0.3, 0.4) is 0 Å². The monoisotopic (exact) mass is 296 g/mol. The summed E-state index contributed by atoms with van der Waals surface area (Å²) in [6.07, 6.45) is 0. The third-order valence-corrected chi connectivity index (χ3v) is 2.87. The second kappa shape index (κ2) is 7.07. The lowest BCUT2D eigenvalue weighted by Gasteiger charge is -2.23. The molecule has 1 aromatic carbocycles. The van der Waals surface area contributed by atoms with Crippen LogP contribution in [0.25, 0.3) is 0 Å². The molecule has 1 amide bonds. The van der Waals surface area contributed by atoms with Crippen molar-refractivity contribution >= 4 is 41.5 Å². The summed E-state index contributed by atoms with van der Waals surface area (Å²) in [6.45, 7) is 2.29. The van der Waals surface area contributed by atoms with Crippen LogP contribution < -0.4 is 5.73 Å². The Morgan fingerprint density at radius 2 is 1.82 bits per heavy atom. The van der Waals surface area contributed by atoms with Gasteiger partial charge < -0.3 is 10.6 Å². The minimum atomic E-state index is -0.137. The molecule has 1 unspecified atom stereocenters. The Hall–Kier alpha value is -0.480. The maximum absolute atomic E-state index is 12.0. The molecule has 2 N–H and O–H groups in total. The highest BCUT2D eigenvalue weighted by Crippen LogP contribution is 2.20. The lowest BCUT2D eigenvalue weighted by atomic mass is 10.2. The van der Waals surface area contributed by atoms with E-state index in [9.17, 15) is 4.79 Å². The van der Waals surface area contributed by atoms with Crippen molar-refractivity contribution in [1.82, 2.24) is 4.90 Å². The molecule has 0 aromatic heterocycles. The summed E-state index contributed by atoms with van der Waals surface area (Å²) < 4.78 is 0. The van der Waals surface area contributed by atoms with E-state index in [-0.39, 0.29) is 24.4 Å². The van der Waals surface area contributed by atoms with Crippen LogP contribution in [-0.2, 0) is 0 Å². The summed E-state index contributed by atoms with van der Waals surface area (Å²) >= 11 is 11.7. The van der Waals surface area contributed by atoms with Gasteiger partial charge in [0.05, 0.1) is 0 Å². The van der Waals surface area contributed by atoms with Crippen LogP contribution in [0.1, 0.15) is 17.3 Å². The molecule has 17 heavy (non-hydrogen) atoms. The Labute approximate surface area is 117 Å². The number of benzene rings is 1. The average molecular weight is 298 g/mol. The number of hydrogen-bond donors (Lipinski definition) is 1. The normalized spacial score (nSPS) is 11.6. The van der Waals surface area contributed by atoms with Gasteiger partial charge in [0.1, 0.15) is 0 Å². The van der Waals surface area contributed by atoms with E-state index in [1.807, 2.05) is 6.92 Å². The van der Waals surface area contributed by atoms with E-state index in [1.165, 1.54) is 0 Å². The van der Waals surface area contributed by atoms with E-state index < -0.39 is 0 Å². The first-order valence-electron chi connectivity index (χ1n) is 4.89. The van der Waals surface area contributed by atoms with Crippen LogP contribution in [0.5, 0.6) is 0 Å². The molecule has 0 aliphatic rings. The number of carbonyl (C=O) groups excluding carboxylic acids is 1. The number of hydrogen-bond acceptors (Lipinski definition) is 2. The first-order chi connectivity index (χ1) is 7.45. The van der Waals surface area contributed by atoms with Gasteiger partial charge in [-0.05, 0) is 25.1 Å². The molecule has 1 aromatic rings. The zero-order valence-corrected chi connectivity index (χ0v) is 11.9. The molecule has 0 aliphatic heterocycles. The topological polar surface area (TPSA) is 46.3 Å². The Morgan fingerprint density at radius 1 is 1.35 bits per heavy atom. The van der Waals surface area contributed by atoms with Gasteiger partial charge in [0.2, 0.25) is 0 Å². The molecule has 0 radical (unpaired) electrons. The number of amides is 1. The highest BCUT2D eigenvalue weighted by Gasteiger charge is 2.17. The molecular weight excluding hydrogens is 282 g/mol. The van der Waals surface area contributed by atoms with Gasteiger partial charge >= 0.3 is 0 Å². The number of halogens is 3. The van der Waals surface area contributed by atoms with Crippen molar-refractivity contribution in [1.29, 1.82) is 0 Å². The summed E-state index contributed by atoms with van der Waals surface area (Å²) in [5, 5.41) is 0.898. The van der Waals surface area contributed by atoms with Crippen molar-refractivity contribution in [2.45, 2.75) is 13.0 Å². The third-order valence-electron chi connectivity index (χ3n) is 2.43. The number of carbonyl (C=O) groups is 1. The predicted octanol–water partition coefficient (Wildman–Crippen LogP) is 2.83. The van der Waals surface area contributed by atoms with Crippen LogP contribution in [0.4, 0.5) is 0 Å². The smallest absolute Gasteiger partial charge is 0.253 e. The summed E-state index contributed by atoms with van der Waals surface area (Å²) in [6, 6.07) is 4.75. The van der Waals surface area contributed by atoms with E-state index in [2.05, 4.69) is 0 Å². The molecule has 0 fully saturated rings. The van der Waals surface area contributed by atoms with Crippen LogP contribution in [0, 0.1) is 0 Å². The SMILES string of the molecule is CC(CN)N(C)C(=O)c1cc(Cl)cc(Cl)c1.Cl. The minimum Gasteiger partial charge on any atom is -0.338 e. The van der Waals surface area contributed by atoms with Gasteiger partial charge in [-0.1, -0.05) is 23.2 Å². The van der Waals surface area contributed by atoms with Gasteiger partial charge in [-0.15, -0.1) is 12.4 Å². The van der Waals surface area contributed by atoms with E-state index in [0.717, 1.165) is 0 Å². The molecule has 0 heterocycles. The van der Waals surface area contributed by atoms with Gasteiger partial charge in [0, 0.05) is 35.2 Å². The van der Waals surface area contributed by atoms with E-state index in [4.69, 9.17) is 28.9 Å². The maximum Gasteiger partial charge on any atom is 0.253 e. The summed E-state index contributed by atoms with van der Waals surface area (Å²) in [5.74, 6) is -0.137. The first-order valence-corrected chi connectivity index (χ1v) is 5.64. The molecule has 3 nitrogen and oxygen atoms in total. The lowest BCUT2D eigenvalue weighted by Crippen LogP contribution is -2.39. The highest BCUT2D eigenvalue weighted by molar-refractivity contribution is 6.35. The predicted molar refractivity (Wildman–Crippen MR) is 74.3 cm³/mol. The zero-order valence-electron chi connectivity index (χ0n) is 9.61. The fourth-order valence-corrected chi connectivity index (χ4v) is 1.77. The Bertz CT molecular complexity index is 378. The van der Waals surface area contributed by atoms with Gasteiger partial charge in [-0.3, -0.25) is 4.79 Å². The third kappa shape index (κ3) is 4.36. The molecular formula is C11H15Cl3N2O. The fourth-order valence-electron chi connectivity index (χ4n) is 1.24. The largest absolute Gasteiger partial charge is 0.338 e. The first kappa shape index (κ1) is 16.5. The minimum absolute atomic E-state index is 0. The van der Waals surface area contributed by atoms with E-state index in [0.29, 0.717) is 22.2 Å². The number of nitrogens with zero attached hydrogens (tertiary/aromatic N) is 1. The summed E-state index contributed by atoms with van der Waals surface area (Å²) in [7, 11) is 1.70. The van der Waals surface area contributed by atoms with Gasteiger partial charge in [0.25, 0.3) is 5.91 Å². The van der Waals surface area contributed by atoms with Gasteiger partial charge in [-0.2, -0.15) is 0 Å². The molecule has 0 bridgehead atoms. The molecule has 96 valence electrons. The van der Waals surface area contributed by atoms with Crippen molar-refractivity contribution in [3.63, 3.8) is 0 Å². The van der Waals surface area contributed by atoms with Crippen LogP contribution >= 0.6 is 35.6 Å². The Kier molecular flexibility index (Phi) is 6.87.